The number of aromatic nitrogens is 2. The maximum Gasteiger partial charge on any atom is 0.250 e. The predicted octanol–water partition coefficient (Wildman–Crippen LogP) is 5.88. The molecule has 2 aromatic carbocycles. The van der Waals surface area contributed by atoms with Gasteiger partial charge in [0.1, 0.15) is 6.61 Å². The lowest BCUT2D eigenvalue weighted by molar-refractivity contribution is -0.118. The van der Waals surface area contributed by atoms with Gasteiger partial charge in [-0.05, 0) is 55.3 Å². The molecule has 6 nitrogen and oxygen atoms in total. The molecular weight excluding hydrogens is 491 g/mol. The molecule has 3 aromatic rings. The van der Waals surface area contributed by atoms with E-state index in [-0.39, 0.29) is 11.7 Å². The molecule has 32 heavy (non-hydrogen) atoms. The van der Waals surface area contributed by atoms with E-state index in [0.717, 1.165) is 17.0 Å². The monoisotopic (exact) mass is 508 g/mol. The van der Waals surface area contributed by atoms with Crippen molar-refractivity contribution in [3.05, 3.63) is 80.0 Å². The molecule has 0 radical (unpaired) electrons. The Hall–Kier alpha value is -2.32. The van der Waals surface area contributed by atoms with Gasteiger partial charge in [-0.1, -0.05) is 58.7 Å². The van der Waals surface area contributed by atoms with Crippen LogP contribution in [0.2, 0.25) is 15.1 Å². The highest BCUT2D eigenvalue weighted by Gasteiger charge is 2.10. The third-order valence-corrected chi connectivity index (χ3v) is 5.67. The van der Waals surface area contributed by atoms with E-state index in [4.69, 9.17) is 39.5 Å². The Labute approximate surface area is 205 Å². The number of carbonyl (C=O) groups is 1. The number of thioether (sulfide) groups is 1. The summed E-state index contributed by atoms with van der Waals surface area (Å²) in [5.74, 6) is 0.225. The Morgan fingerprint density at radius 2 is 1.69 bits per heavy atom. The van der Waals surface area contributed by atoms with Crippen LogP contribution in [-0.4, -0.2) is 27.8 Å². The van der Waals surface area contributed by atoms with Gasteiger partial charge in [-0.3, -0.25) is 4.79 Å². The maximum atomic E-state index is 12.0. The third-order valence-electron chi connectivity index (χ3n) is 4.01. The Morgan fingerprint density at radius 3 is 2.31 bits per heavy atom. The molecule has 1 aromatic heterocycles. The second kappa shape index (κ2) is 11.5. The highest BCUT2D eigenvalue weighted by Crippen LogP contribution is 2.34. The van der Waals surface area contributed by atoms with Crippen molar-refractivity contribution in [3.63, 3.8) is 0 Å². The van der Waals surface area contributed by atoms with Gasteiger partial charge in [0.2, 0.25) is 0 Å². The average molecular weight is 510 g/mol. The first-order valence-electron chi connectivity index (χ1n) is 9.43. The number of carbonyl (C=O) groups excluding carboxylic acids is 1. The van der Waals surface area contributed by atoms with E-state index in [1.807, 2.05) is 32.0 Å². The van der Waals surface area contributed by atoms with Crippen molar-refractivity contribution in [1.29, 1.82) is 0 Å². The molecule has 0 aliphatic carbocycles. The van der Waals surface area contributed by atoms with E-state index in [9.17, 15) is 4.79 Å². The van der Waals surface area contributed by atoms with Crippen molar-refractivity contribution < 1.29 is 9.53 Å². The topological polar surface area (TPSA) is 76.5 Å². The summed E-state index contributed by atoms with van der Waals surface area (Å²) in [6, 6.07) is 12.5. The van der Waals surface area contributed by atoms with E-state index in [0.29, 0.717) is 38.1 Å². The van der Waals surface area contributed by atoms with Gasteiger partial charge >= 0.3 is 0 Å². The summed E-state index contributed by atoms with van der Waals surface area (Å²) in [6.45, 7) is 4.06. The number of hydrogen-bond donors (Lipinski definition) is 1. The number of aryl methyl sites for hydroxylation is 2. The van der Waals surface area contributed by atoms with E-state index in [1.54, 1.807) is 24.3 Å². The predicted molar refractivity (Wildman–Crippen MR) is 130 cm³/mol. The molecule has 1 heterocycles. The number of benzene rings is 2. The number of rotatable bonds is 8. The summed E-state index contributed by atoms with van der Waals surface area (Å²) in [4.78, 5) is 20.6. The number of halogens is 3. The van der Waals surface area contributed by atoms with Crippen molar-refractivity contribution in [2.45, 2.75) is 25.6 Å². The molecule has 0 aliphatic rings. The molecule has 166 valence electrons. The van der Waals surface area contributed by atoms with Gasteiger partial charge in [-0.25, -0.2) is 15.4 Å². The quantitative estimate of drug-likeness (QED) is 0.178. The Balaban J connectivity index is 1.53. The lowest BCUT2D eigenvalue weighted by atomic mass is 10.2. The lowest BCUT2D eigenvalue weighted by Gasteiger charge is -2.11. The van der Waals surface area contributed by atoms with Crippen LogP contribution in [0.3, 0.4) is 0 Å². The van der Waals surface area contributed by atoms with Crippen LogP contribution in [0.1, 0.15) is 22.5 Å². The zero-order chi connectivity index (χ0) is 23.1. The number of nitrogens with one attached hydrogen (secondary N) is 1. The Bertz CT molecular complexity index is 1100. The minimum atomic E-state index is -0.283. The number of hydrazone groups is 1. The van der Waals surface area contributed by atoms with Crippen LogP contribution in [0, 0.1) is 13.8 Å². The standard InChI is InChI=1S/C22H19Cl3N4O2S/c1-13-7-14(2)28-22(27-13)32-12-20(30)29-26-10-16-8-18(24)21(19(25)9-16)31-11-15-3-5-17(23)6-4-15/h3-10H,11-12H2,1-2H3,(H,29,30)/b26-10-. The maximum absolute atomic E-state index is 12.0. The van der Waals surface area contributed by atoms with Crippen LogP contribution in [0.15, 0.2) is 52.7 Å². The fraction of sp³-hybridized carbons (Fsp3) is 0.182. The second-order valence-corrected chi connectivity index (χ2v) is 8.94. The third kappa shape index (κ3) is 7.38. The Kier molecular flexibility index (Phi) is 8.75. The van der Waals surface area contributed by atoms with E-state index in [1.165, 1.54) is 18.0 Å². The molecule has 0 bridgehead atoms. The van der Waals surface area contributed by atoms with Gasteiger partial charge in [0, 0.05) is 16.4 Å². The van der Waals surface area contributed by atoms with E-state index < -0.39 is 0 Å². The Morgan fingerprint density at radius 1 is 1.06 bits per heavy atom. The number of amides is 1. The van der Waals surface area contributed by atoms with Crippen molar-refractivity contribution in [1.82, 2.24) is 15.4 Å². The molecule has 0 unspecified atom stereocenters. The van der Waals surface area contributed by atoms with Crippen molar-refractivity contribution in [2.75, 3.05) is 5.75 Å². The SMILES string of the molecule is Cc1cc(C)nc(SCC(=O)N/N=C\c2cc(Cl)c(OCc3ccc(Cl)cc3)c(Cl)c2)n1. The number of nitrogens with zero attached hydrogens (tertiary/aromatic N) is 3. The van der Waals surface area contributed by atoms with Crippen molar-refractivity contribution >= 4 is 58.7 Å². The molecule has 0 fully saturated rings. The fourth-order valence-electron chi connectivity index (χ4n) is 2.63. The summed E-state index contributed by atoms with van der Waals surface area (Å²) >= 11 is 19.8. The second-order valence-electron chi connectivity index (χ2n) is 6.74. The summed E-state index contributed by atoms with van der Waals surface area (Å²) < 4.78 is 5.75. The van der Waals surface area contributed by atoms with Crippen molar-refractivity contribution in [2.24, 2.45) is 5.10 Å². The highest BCUT2D eigenvalue weighted by molar-refractivity contribution is 7.99. The van der Waals surface area contributed by atoms with E-state index >= 15 is 0 Å². The zero-order valence-corrected chi connectivity index (χ0v) is 20.3. The van der Waals surface area contributed by atoms with Crippen LogP contribution in [-0.2, 0) is 11.4 Å². The smallest absolute Gasteiger partial charge is 0.250 e. The first-order valence-corrected chi connectivity index (χ1v) is 11.6. The fourth-order valence-corrected chi connectivity index (χ4v) is 4.11. The lowest BCUT2D eigenvalue weighted by Crippen LogP contribution is -2.19. The summed E-state index contributed by atoms with van der Waals surface area (Å²) in [5.41, 5.74) is 5.71. The normalized spacial score (nSPS) is 11.0. The van der Waals surface area contributed by atoms with Gasteiger partial charge in [0.05, 0.1) is 22.0 Å². The van der Waals surface area contributed by atoms with Crippen LogP contribution in [0.4, 0.5) is 0 Å². The minimum absolute atomic E-state index is 0.138. The van der Waals surface area contributed by atoms with Gasteiger partial charge in [0.15, 0.2) is 10.9 Å². The van der Waals surface area contributed by atoms with Gasteiger partial charge in [0.25, 0.3) is 5.91 Å². The zero-order valence-electron chi connectivity index (χ0n) is 17.2. The molecule has 10 heteroatoms. The number of hydrogen-bond acceptors (Lipinski definition) is 6. The molecule has 0 atom stereocenters. The van der Waals surface area contributed by atoms with Crippen LogP contribution in [0.5, 0.6) is 5.75 Å². The van der Waals surface area contributed by atoms with Crippen LogP contribution in [0.25, 0.3) is 0 Å². The molecule has 1 N–H and O–H groups in total. The molecule has 3 rings (SSSR count). The van der Waals surface area contributed by atoms with Crippen LogP contribution < -0.4 is 10.2 Å². The summed E-state index contributed by atoms with van der Waals surface area (Å²) in [5, 5.41) is 5.82. The van der Waals surface area contributed by atoms with Crippen LogP contribution >= 0.6 is 46.6 Å². The summed E-state index contributed by atoms with van der Waals surface area (Å²) in [7, 11) is 0. The first kappa shape index (κ1) is 24.3. The van der Waals surface area contributed by atoms with Gasteiger partial charge in [-0.15, -0.1) is 0 Å². The molecular formula is C22H19Cl3N4O2S. The average Bonchev–Trinajstić information content (AvgIpc) is 2.72. The minimum Gasteiger partial charge on any atom is -0.486 e. The van der Waals surface area contributed by atoms with Gasteiger partial charge < -0.3 is 4.74 Å². The summed E-state index contributed by atoms with van der Waals surface area (Å²) in [6.07, 6.45) is 1.45. The molecule has 0 saturated heterocycles. The highest BCUT2D eigenvalue weighted by atomic mass is 35.5. The molecule has 0 saturated carbocycles. The van der Waals surface area contributed by atoms with Crippen molar-refractivity contribution in [3.8, 4) is 5.75 Å². The molecule has 0 aliphatic heterocycles. The largest absolute Gasteiger partial charge is 0.486 e. The van der Waals surface area contributed by atoms with E-state index in [2.05, 4.69) is 20.5 Å². The van der Waals surface area contributed by atoms with Gasteiger partial charge in [-0.2, -0.15) is 5.10 Å². The number of ether oxygens (including phenoxy) is 1. The molecule has 1 amide bonds. The molecule has 0 spiro atoms. The first-order chi connectivity index (χ1) is 15.3.